The van der Waals surface area contributed by atoms with E-state index < -0.39 is 0 Å². The van der Waals surface area contributed by atoms with Crippen molar-refractivity contribution >= 4 is 0 Å². The molecule has 0 aromatic carbocycles. The third kappa shape index (κ3) is 3.00. The molecular weight excluding hydrogens is 176 g/mol. The molecule has 1 N–H and O–H groups in total. The van der Waals surface area contributed by atoms with Gasteiger partial charge < -0.3 is 10.1 Å². The molecular formula is C11H18N2O. The fourth-order valence-corrected chi connectivity index (χ4v) is 1.25. The first kappa shape index (κ1) is 11.0. The first-order valence-electron chi connectivity index (χ1n) is 4.91. The van der Waals surface area contributed by atoms with Gasteiger partial charge in [-0.15, -0.1) is 0 Å². The summed E-state index contributed by atoms with van der Waals surface area (Å²) in [6.07, 6.45) is 0.190. The first-order chi connectivity index (χ1) is 6.63. The van der Waals surface area contributed by atoms with Gasteiger partial charge >= 0.3 is 0 Å². The molecule has 3 nitrogen and oxygen atoms in total. The highest BCUT2D eigenvalue weighted by Crippen LogP contribution is 2.17. The molecule has 0 aliphatic heterocycles. The monoisotopic (exact) mass is 194 g/mol. The van der Waals surface area contributed by atoms with Crippen LogP contribution in [0, 0.1) is 6.92 Å². The Kier molecular flexibility index (Phi) is 3.89. The second-order valence-corrected chi connectivity index (χ2v) is 3.59. The third-order valence-corrected chi connectivity index (χ3v) is 1.78. The number of aryl methyl sites for hydroxylation is 1. The van der Waals surface area contributed by atoms with E-state index in [0.717, 1.165) is 23.7 Å². The van der Waals surface area contributed by atoms with Gasteiger partial charge in [-0.25, -0.2) is 0 Å². The second-order valence-electron chi connectivity index (χ2n) is 3.59. The molecule has 0 aliphatic carbocycles. The predicted octanol–water partition coefficient (Wildman–Crippen LogP) is 1.90. The van der Waals surface area contributed by atoms with Crippen molar-refractivity contribution in [2.75, 3.05) is 7.05 Å². The molecule has 0 bridgehead atoms. The number of rotatable bonds is 4. The van der Waals surface area contributed by atoms with Crippen molar-refractivity contribution < 1.29 is 4.74 Å². The van der Waals surface area contributed by atoms with Crippen LogP contribution in [0.2, 0.25) is 0 Å². The number of aromatic nitrogens is 1. The molecule has 0 aliphatic rings. The lowest BCUT2D eigenvalue weighted by Crippen LogP contribution is -2.13. The summed E-state index contributed by atoms with van der Waals surface area (Å²) < 4.78 is 5.65. The summed E-state index contributed by atoms with van der Waals surface area (Å²) in [6.45, 7) is 6.76. The number of hydrogen-bond acceptors (Lipinski definition) is 3. The van der Waals surface area contributed by atoms with Crippen LogP contribution in [0.15, 0.2) is 12.1 Å². The van der Waals surface area contributed by atoms with Gasteiger partial charge in [0, 0.05) is 12.2 Å². The molecule has 1 aromatic heterocycles. The standard InChI is InChI=1S/C11H18N2O/c1-8(2)14-11-6-5-9(3)13-10(11)7-12-4/h5-6,8,12H,7H2,1-4H3. The molecule has 0 amide bonds. The van der Waals surface area contributed by atoms with E-state index in [1.165, 1.54) is 0 Å². The molecule has 0 spiro atoms. The Labute approximate surface area is 85.5 Å². The molecule has 3 heteroatoms. The Hall–Kier alpha value is -1.09. The van der Waals surface area contributed by atoms with Gasteiger partial charge in [0.25, 0.3) is 0 Å². The van der Waals surface area contributed by atoms with Crippen LogP contribution in [0.4, 0.5) is 0 Å². The molecule has 0 atom stereocenters. The first-order valence-corrected chi connectivity index (χ1v) is 4.91. The summed E-state index contributed by atoms with van der Waals surface area (Å²) in [4.78, 5) is 4.43. The zero-order chi connectivity index (χ0) is 10.6. The quantitative estimate of drug-likeness (QED) is 0.795. The van der Waals surface area contributed by atoms with Crippen molar-refractivity contribution in [2.24, 2.45) is 0 Å². The minimum Gasteiger partial charge on any atom is -0.489 e. The van der Waals surface area contributed by atoms with Crippen LogP contribution in [-0.4, -0.2) is 18.1 Å². The van der Waals surface area contributed by atoms with Crippen molar-refractivity contribution in [1.82, 2.24) is 10.3 Å². The van der Waals surface area contributed by atoms with Gasteiger partial charge in [-0.2, -0.15) is 0 Å². The zero-order valence-electron chi connectivity index (χ0n) is 9.29. The van der Waals surface area contributed by atoms with Crippen molar-refractivity contribution in [1.29, 1.82) is 0 Å². The van der Waals surface area contributed by atoms with Crippen LogP contribution in [0.1, 0.15) is 25.2 Å². The molecule has 0 saturated heterocycles. The Morgan fingerprint density at radius 2 is 2.14 bits per heavy atom. The Morgan fingerprint density at radius 1 is 1.43 bits per heavy atom. The van der Waals surface area contributed by atoms with E-state index in [1.807, 2.05) is 40.0 Å². The van der Waals surface area contributed by atoms with Crippen LogP contribution in [-0.2, 0) is 6.54 Å². The van der Waals surface area contributed by atoms with Crippen LogP contribution in [0.3, 0.4) is 0 Å². The molecule has 0 unspecified atom stereocenters. The van der Waals surface area contributed by atoms with Crippen molar-refractivity contribution in [3.63, 3.8) is 0 Å². The Bertz CT molecular complexity index is 297. The van der Waals surface area contributed by atoms with Gasteiger partial charge in [-0.3, -0.25) is 4.98 Å². The Morgan fingerprint density at radius 3 is 2.71 bits per heavy atom. The minimum atomic E-state index is 0.190. The molecule has 14 heavy (non-hydrogen) atoms. The second kappa shape index (κ2) is 4.96. The van der Waals surface area contributed by atoms with E-state index in [2.05, 4.69) is 10.3 Å². The number of nitrogens with one attached hydrogen (secondary N) is 1. The smallest absolute Gasteiger partial charge is 0.142 e. The fraction of sp³-hybridized carbons (Fsp3) is 0.545. The van der Waals surface area contributed by atoms with Gasteiger partial charge in [0.1, 0.15) is 5.75 Å². The average Bonchev–Trinajstić information content (AvgIpc) is 2.09. The molecule has 1 rings (SSSR count). The molecule has 78 valence electrons. The summed E-state index contributed by atoms with van der Waals surface area (Å²) in [5, 5.41) is 3.08. The van der Waals surface area contributed by atoms with Gasteiger partial charge in [-0.05, 0) is 40.0 Å². The number of ether oxygens (including phenoxy) is 1. The summed E-state index contributed by atoms with van der Waals surface area (Å²) in [6, 6.07) is 3.95. The zero-order valence-corrected chi connectivity index (χ0v) is 9.29. The lowest BCUT2D eigenvalue weighted by molar-refractivity contribution is 0.238. The van der Waals surface area contributed by atoms with E-state index in [9.17, 15) is 0 Å². The van der Waals surface area contributed by atoms with Crippen LogP contribution in [0.25, 0.3) is 0 Å². The summed E-state index contributed by atoms with van der Waals surface area (Å²) >= 11 is 0. The lowest BCUT2D eigenvalue weighted by Gasteiger charge is -2.13. The van der Waals surface area contributed by atoms with E-state index in [0.29, 0.717) is 0 Å². The van der Waals surface area contributed by atoms with Gasteiger partial charge in [0.05, 0.1) is 11.8 Å². The van der Waals surface area contributed by atoms with E-state index in [4.69, 9.17) is 4.74 Å². The van der Waals surface area contributed by atoms with Crippen LogP contribution < -0.4 is 10.1 Å². The maximum absolute atomic E-state index is 5.65. The number of pyridine rings is 1. The Balaban J connectivity index is 2.89. The van der Waals surface area contributed by atoms with Gasteiger partial charge in [0.15, 0.2) is 0 Å². The summed E-state index contributed by atoms with van der Waals surface area (Å²) in [7, 11) is 1.91. The number of hydrogen-bond donors (Lipinski definition) is 1. The number of nitrogens with zero attached hydrogens (tertiary/aromatic N) is 1. The fourth-order valence-electron chi connectivity index (χ4n) is 1.25. The predicted molar refractivity (Wildman–Crippen MR) is 57.5 cm³/mol. The third-order valence-electron chi connectivity index (χ3n) is 1.78. The van der Waals surface area contributed by atoms with Gasteiger partial charge in [-0.1, -0.05) is 0 Å². The maximum Gasteiger partial charge on any atom is 0.142 e. The lowest BCUT2D eigenvalue weighted by atomic mass is 10.2. The molecule has 0 fully saturated rings. The van der Waals surface area contributed by atoms with Crippen molar-refractivity contribution in [3.05, 3.63) is 23.5 Å². The maximum atomic E-state index is 5.65. The average molecular weight is 194 g/mol. The van der Waals surface area contributed by atoms with Crippen molar-refractivity contribution in [2.45, 2.75) is 33.4 Å². The summed E-state index contributed by atoms with van der Waals surface area (Å²) in [5.74, 6) is 0.875. The normalized spacial score (nSPS) is 10.6. The summed E-state index contributed by atoms with van der Waals surface area (Å²) in [5.41, 5.74) is 1.99. The van der Waals surface area contributed by atoms with E-state index in [1.54, 1.807) is 0 Å². The van der Waals surface area contributed by atoms with Crippen molar-refractivity contribution in [3.8, 4) is 5.75 Å². The molecule has 1 aromatic rings. The van der Waals surface area contributed by atoms with E-state index in [-0.39, 0.29) is 6.10 Å². The molecule has 0 saturated carbocycles. The highest BCUT2D eigenvalue weighted by atomic mass is 16.5. The van der Waals surface area contributed by atoms with E-state index >= 15 is 0 Å². The molecule has 1 heterocycles. The highest BCUT2D eigenvalue weighted by Gasteiger charge is 2.06. The molecule has 0 radical (unpaired) electrons. The largest absolute Gasteiger partial charge is 0.489 e. The topological polar surface area (TPSA) is 34.2 Å². The minimum absolute atomic E-state index is 0.190. The van der Waals surface area contributed by atoms with Crippen LogP contribution >= 0.6 is 0 Å². The van der Waals surface area contributed by atoms with Crippen LogP contribution in [0.5, 0.6) is 5.75 Å². The van der Waals surface area contributed by atoms with Gasteiger partial charge in [0.2, 0.25) is 0 Å². The highest BCUT2D eigenvalue weighted by molar-refractivity contribution is 5.29. The SMILES string of the molecule is CNCc1nc(C)ccc1OC(C)C.